The van der Waals surface area contributed by atoms with Crippen LogP contribution in [-0.4, -0.2) is 15.8 Å². The predicted molar refractivity (Wildman–Crippen MR) is 61.3 cm³/mol. The van der Waals surface area contributed by atoms with Crippen LogP contribution in [0.25, 0.3) is 11.3 Å². The van der Waals surface area contributed by atoms with Crippen LogP contribution in [0.5, 0.6) is 0 Å². The number of aromatic nitrogens is 2. The van der Waals surface area contributed by atoms with Crippen molar-refractivity contribution in [3.63, 3.8) is 0 Å². The van der Waals surface area contributed by atoms with E-state index in [-0.39, 0.29) is 0 Å². The maximum Gasteiger partial charge on any atom is 0.150 e. The van der Waals surface area contributed by atoms with Gasteiger partial charge in [-0.25, -0.2) is 4.98 Å². The first kappa shape index (κ1) is 9.33. The van der Waals surface area contributed by atoms with Crippen molar-refractivity contribution < 1.29 is 4.79 Å². The minimum atomic E-state index is 0.628. The summed E-state index contributed by atoms with van der Waals surface area (Å²) in [5.41, 5.74) is 2.97. The summed E-state index contributed by atoms with van der Waals surface area (Å²) in [4.78, 5) is 14.8. The molecule has 0 unspecified atom stereocenters. The highest BCUT2D eigenvalue weighted by atomic mass is 16.1. The molecule has 1 aliphatic carbocycles. The van der Waals surface area contributed by atoms with E-state index in [4.69, 9.17) is 0 Å². The summed E-state index contributed by atoms with van der Waals surface area (Å²) in [5, 5.41) is 0. The van der Waals surface area contributed by atoms with Gasteiger partial charge < -0.3 is 4.57 Å². The molecule has 1 aliphatic rings. The van der Waals surface area contributed by atoms with E-state index in [0.717, 1.165) is 17.5 Å². The summed E-state index contributed by atoms with van der Waals surface area (Å²) < 4.78 is 2.22. The van der Waals surface area contributed by atoms with E-state index in [9.17, 15) is 4.79 Å². The Morgan fingerprint density at radius 3 is 2.62 bits per heavy atom. The van der Waals surface area contributed by atoms with Crippen molar-refractivity contribution in [2.45, 2.75) is 18.9 Å². The van der Waals surface area contributed by atoms with Crippen molar-refractivity contribution in [3.8, 4) is 11.3 Å². The lowest BCUT2D eigenvalue weighted by Gasteiger charge is -2.06. The molecule has 0 aliphatic heterocycles. The summed E-state index contributed by atoms with van der Waals surface area (Å²) in [7, 11) is 0. The molecule has 80 valence electrons. The zero-order valence-corrected chi connectivity index (χ0v) is 8.84. The van der Waals surface area contributed by atoms with Crippen LogP contribution in [-0.2, 0) is 0 Å². The number of carbonyl (C=O) groups is 1. The van der Waals surface area contributed by atoms with Crippen molar-refractivity contribution >= 4 is 6.29 Å². The molecule has 2 aromatic rings. The summed E-state index contributed by atoms with van der Waals surface area (Å²) in [6.07, 6.45) is 7.13. The Balaban J connectivity index is 2.00. The van der Waals surface area contributed by atoms with Crippen molar-refractivity contribution in [2.24, 2.45) is 0 Å². The third-order valence-electron chi connectivity index (χ3n) is 2.95. The van der Waals surface area contributed by atoms with Crippen molar-refractivity contribution in [1.82, 2.24) is 9.55 Å². The van der Waals surface area contributed by atoms with Gasteiger partial charge in [0, 0.05) is 11.6 Å². The highest BCUT2D eigenvalue weighted by Gasteiger charge is 2.25. The Labute approximate surface area is 93.7 Å². The van der Waals surface area contributed by atoms with E-state index in [1.807, 2.05) is 36.8 Å². The number of hydrogen-bond donors (Lipinski definition) is 0. The number of hydrogen-bond acceptors (Lipinski definition) is 2. The van der Waals surface area contributed by atoms with Gasteiger partial charge in [-0.15, -0.1) is 0 Å². The lowest BCUT2D eigenvalue weighted by molar-refractivity contribution is 0.112. The molecule has 0 atom stereocenters. The molecule has 16 heavy (non-hydrogen) atoms. The molecule has 0 bridgehead atoms. The van der Waals surface area contributed by atoms with Crippen LogP contribution in [0.15, 0.2) is 36.8 Å². The van der Waals surface area contributed by atoms with Gasteiger partial charge in [-0.1, -0.05) is 24.3 Å². The second kappa shape index (κ2) is 3.59. The Morgan fingerprint density at radius 1 is 1.25 bits per heavy atom. The molecule has 3 nitrogen and oxygen atoms in total. The predicted octanol–water partition coefficient (Wildman–Crippen LogP) is 2.70. The first-order valence-electron chi connectivity index (χ1n) is 5.46. The lowest BCUT2D eigenvalue weighted by atomic mass is 10.1. The third-order valence-corrected chi connectivity index (χ3v) is 2.95. The van der Waals surface area contributed by atoms with Gasteiger partial charge in [0.05, 0.1) is 18.2 Å². The molecular weight excluding hydrogens is 200 g/mol. The average Bonchev–Trinajstić information content (AvgIpc) is 3.07. The smallest absolute Gasteiger partial charge is 0.150 e. The topological polar surface area (TPSA) is 34.9 Å². The van der Waals surface area contributed by atoms with Gasteiger partial charge >= 0.3 is 0 Å². The normalized spacial score (nSPS) is 15.0. The fourth-order valence-electron chi connectivity index (χ4n) is 1.90. The van der Waals surface area contributed by atoms with Crippen LogP contribution in [0.4, 0.5) is 0 Å². The SMILES string of the molecule is O=Cc1ccc(-c2cncn2C2CC2)cc1. The number of rotatable bonds is 3. The van der Waals surface area contributed by atoms with Gasteiger partial charge in [0.1, 0.15) is 6.29 Å². The van der Waals surface area contributed by atoms with Crippen LogP contribution < -0.4 is 0 Å². The summed E-state index contributed by atoms with van der Waals surface area (Å²) in [6.45, 7) is 0. The summed E-state index contributed by atoms with van der Waals surface area (Å²) >= 11 is 0. The maximum atomic E-state index is 10.6. The van der Waals surface area contributed by atoms with Gasteiger partial charge in [-0.2, -0.15) is 0 Å². The molecule has 0 spiro atoms. The fourth-order valence-corrected chi connectivity index (χ4v) is 1.90. The number of nitrogens with zero attached hydrogens (tertiary/aromatic N) is 2. The standard InChI is InChI=1S/C13H12N2O/c16-8-10-1-3-11(4-2-10)13-7-14-9-15(13)12-5-6-12/h1-4,7-9,12H,5-6H2. The minimum absolute atomic E-state index is 0.628. The molecule has 3 rings (SSSR count). The van der Waals surface area contributed by atoms with Crippen LogP contribution in [0.1, 0.15) is 29.2 Å². The molecule has 1 heterocycles. The monoisotopic (exact) mass is 212 g/mol. The zero-order chi connectivity index (χ0) is 11.0. The minimum Gasteiger partial charge on any atom is -0.328 e. The second-order valence-electron chi connectivity index (χ2n) is 4.16. The Morgan fingerprint density at radius 2 is 2.00 bits per heavy atom. The quantitative estimate of drug-likeness (QED) is 0.733. The molecule has 0 radical (unpaired) electrons. The van der Waals surface area contributed by atoms with Crippen LogP contribution in [0.3, 0.4) is 0 Å². The van der Waals surface area contributed by atoms with E-state index in [1.165, 1.54) is 12.8 Å². The Bertz CT molecular complexity index is 509. The molecule has 1 aromatic carbocycles. The van der Waals surface area contributed by atoms with Gasteiger partial charge in [0.15, 0.2) is 0 Å². The maximum absolute atomic E-state index is 10.6. The highest BCUT2D eigenvalue weighted by Crippen LogP contribution is 2.38. The Hall–Kier alpha value is -1.90. The van der Waals surface area contributed by atoms with Gasteiger partial charge in [-0.05, 0) is 18.4 Å². The van der Waals surface area contributed by atoms with Gasteiger partial charge in [0.2, 0.25) is 0 Å². The van der Waals surface area contributed by atoms with E-state index < -0.39 is 0 Å². The van der Waals surface area contributed by atoms with E-state index >= 15 is 0 Å². The summed E-state index contributed by atoms with van der Waals surface area (Å²) in [5.74, 6) is 0. The van der Waals surface area contributed by atoms with E-state index in [0.29, 0.717) is 11.6 Å². The third kappa shape index (κ3) is 1.54. The highest BCUT2D eigenvalue weighted by molar-refractivity contribution is 5.76. The second-order valence-corrected chi connectivity index (χ2v) is 4.16. The fraction of sp³-hybridized carbons (Fsp3) is 0.231. The van der Waals surface area contributed by atoms with Crippen molar-refractivity contribution in [3.05, 3.63) is 42.4 Å². The molecule has 3 heteroatoms. The van der Waals surface area contributed by atoms with Crippen LogP contribution >= 0.6 is 0 Å². The number of carbonyl (C=O) groups excluding carboxylic acids is 1. The van der Waals surface area contributed by atoms with E-state index in [2.05, 4.69) is 9.55 Å². The van der Waals surface area contributed by atoms with Crippen molar-refractivity contribution in [1.29, 1.82) is 0 Å². The van der Waals surface area contributed by atoms with Gasteiger partial charge in [-0.3, -0.25) is 4.79 Å². The number of imidazole rings is 1. The molecule has 1 aromatic heterocycles. The van der Waals surface area contributed by atoms with E-state index in [1.54, 1.807) is 0 Å². The van der Waals surface area contributed by atoms with Crippen LogP contribution in [0.2, 0.25) is 0 Å². The van der Waals surface area contributed by atoms with Gasteiger partial charge in [0.25, 0.3) is 0 Å². The lowest BCUT2D eigenvalue weighted by Crippen LogP contribution is -1.94. The molecule has 0 N–H and O–H groups in total. The number of aldehydes is 1. The largest absolute Gasteiger partial charge is 0.328 e. The molecule has 1 fully saturated rings. The number of benzene rings is 1. The molecule has 1 saturated carbocycles. The first-order chi connectivity index (χ1) is 7.88. The Kier molecular flexibility index (Phi) is 2.10. The molecule has 0 saturated heterocycles. The first-order valence-corrected chi connectivity index (χ1v) is 5.46. The van der Waals surface area contributed by atoms with Crippen molar-refractivity contribution in [2.75, 3.05) is 0 Å². The van der Waals surface area contributed by atoms with Crippen LogP contribution in [0, 0.1) is 0 Å². The summed E-state index contributed by atoms with van der Waals surface area (Å²) in [6, 6.07) is 8.25. The zero-order valence-electron chi connectivity index (χ0n) is 8.84. The molecular formula is C13H12N2O. The average molecular weight is 212 g/mol. The molecule has 0 amide bonds.